The second-order valence-electron chi connectivity index (χ2n) is 2.57. The zero-order chi connectivity index (χ0) is 9.14. The number of aromatic nitrogens is 2. The van der Waals surface area contributed by atoms with Crippen LogP contribution < -0.4 is 0 Å². The van der Waals surface area contributed by atoms with Crippen molar-refractivity contribution in [2.75, 3.05) is 0 Å². The molecule has 0 saturated carbocycles. The standard InChI is InChI=1S/C7H10N2O2S/c1-4(2)12-7-8-3-5(9-7)6(10)11/h3-4H,1-2H3,(H,8,9)(H,10,11). The Morgan fingerprint density at radius 1 is 1.75 bits per heavy atom. The minimum atomic E-state index is -0.974. The molecule has 0 aliphatic heterocycles. The molecule has 1 heterocycles. The van der Waals surface area contributed by atoms with E-state index in [-0.39, 0.29) is 5.69 Å². The largest absolute Gasteiger partial charge is 0.477 e. The van der Waals surface area contributed by atoms with E-state index in [4.69, 9.17) is 5.11 Å². The van der Waals surface area contributed by atoms with Gasteiger partial charge < -0.3 is 10.1 Å². The maximum Gasteiger partial charge on any atom is 0.353 e. The number of nitrogens with zero attached hydrogens (tertiary/aromatic N) is 1. The lowest BCUT2D eigenvalue weighted by Crippen LogP contribution is -1.95. The molecule has 0 aromatic carbocycles. The molecule has 4 nitrogen and oxygen atoms in total. The second kappa shape index (κ2) is 3.62. The third kappa shape index (κ3) is 2.27. The fourth-order valence-corrected chi connectivity index (χ4v) is 1.42. The first-order valence-corrected chi connectivity index (χ1v) is 4.42. The molecule has 0 saturated heterocycles. The molecule has 1 rings (SSSR count). The molecular weight excluding hydrogens is 176 g/mol. The highest BCUT2D eigenvalue weighted by Crippen LogP contribution is 2.18. The van der Waals surface area contributed by atoms with Crippen molar-refractivity contribution in [1.82, 2.24) is 9.97 Å². The number of thioether (sulfide) groups is 1. The number of hydrogen-bond acceptors (Lipinski definition) is 3. The monoisotopic (exact) mass is 186 g/mol. The van der Waals surface area contributed by atoms with Crippen molar-refractivity contribution in [3.8, 4) is 0 Å². The van der Waals surface area contributed by atoms with Gasteiger partial charge in [0, 0.05) is 5.25 Å². The van der Waals surface area contributed by atoms with Crippen LogP contribution in [0.15, 0.2) is 11.4 Å². The summed E-state index contributed by atoms with van der Waals surface area (Å²) in [6, 6.07) is 0. The van der Waals surface area contributed by atoms with E-state index in [9.17, 15) is 4.79 Å². The first-order chi connectivity index (χ1) is 5.59. The van der Waals surface area contributed by atoms with Crippen molar-refractivity contribution in [3.63, 3.8) is 0 Å². The zero-order valence-corrected chi connectivity index (χ0v) is 7.68. The Morgan fingerprint density at radius 3 is 2.83 bits per heavy atom. The fourth-order valence-electron chi connectivity index (χ4n) is 0.695. The van der Waals surface area contributed by atoms with E-state index >= 15 is 0 Å². The summed E-state index contributed by atoms with van der Waals surface area (Å²) in [6.45, 7) is 4.04. The van der Waals surface area contributed by atoms with Crippen molar-refractivity contribution in [3.05, 3.63) is 11.9 Å². The first-order valence-electron chi connectivity index (χ1n) is 3.54. The molecule has 0 amide bonds. The van der Waals surface area contributed by atoms with Crippen molar-refractivity contribution in [1.29, 1.82) is 0 Å². The third-order valence-corrected chi connectivity index (χ3v) is 2.03. The maximum atomic E-state index is 10.4. The van der Waals surface area contributed by atoms with E-state index in [0.717, 1.165) is 0 Å². The van der Waals surface area contributed by atoms with Gasteiger partial charge in [-0.05, 0) is 0 Å². The zero-order valence-electron chi connectivity index (χ0n) is 6.87. The van der Waals surface area contributed by atoms with E-state index in [1.165, 1.54) is 18.0 Å². The minimum Gasteiger partial charge on any atom is -0.477 e. The normalized spacial score (nSPS) is 10.6. The van der Waals surface area contributed by atoms with Crippen LogP contribution in [0.4, 0.5) is 0 Å². The molecule has 66 valence electrons. The van der Waals surface area contributed by atoms with E-state index in [2.05, 4.69) is 9.97 Å². The van der Waals surface area contributed by atoms with Gasteiger partial charge in [0.25, 0.3) is 0 Å². The van der Waals surface area contributed by atoms with Crippen LogP contribution in [0, 0.1) is 0 Å². The summed E-state index contributed by atoms with van der Waals surface area (Å²) >= 11 is 1.51. The minimum absolute atomic E-state index is 0.137. The summed E-state index contributed by atoms with van der Waals surface area (Å²) in [4.78, 5) is 17.0. The van der Waals surface area contributed by atoms with Crippen LogP contribution in [0.1, 0.15) is 24.3 Å². The van der Waals surface area contributed by atoms with Gasteiger partial charge in [0.1, 0.15) is 5.69 Å². The Kier molecular flexibility index (Phi) is 2.75. The molecule has 0 atom stereocenters. The summed E-state index contributed by atoms with van der Waals surface area (Å²) in [6.07, 6.45) is 1.33. The van der Waals surface area contributed by atoms with Crippen LogP contribution in [0.5, 0.6) is 0 Å². The number of carbonyl (C=O) groups is 1. The van der Waals surface area contributed by atoms with Crippen LogP contribution in [0.3, 0.4) is 0 Å². The Bertz CT molecular complexity index is 283. The summed E-state index contributed by atoms with van der Waals surface area (Å²) in [5.41, 5.74) is 0.137. The number of imidazole rings is 1. The predicted octanol–water partition coefficient (Wildman–Crippen LogP) is 1.61. The number of nitrogens with one attached hydrogen (secondary N) is 1. The van der Waals surface area contributed by atoms with Crippen LogP contribution in [-0.4, -0.2) is 26.3 Å². The molecule has 0 fully saturated rings. The Hall–Kier alpha value is -0.970. The molecule has 0 spiro atoms. The molecule has 0 radical (unpaired) electrons. The van der Waals surface area contributed by atoms with Gasteiger partial charge in [-0.2, -0.15) is 0 Å². The van der Waals surface area contributed by atoms with Crippen molar-refractivity contribution in [2.24, 2.45) is 0 Å². The van der Waals surface area contributed by atoms with Crippen molar-refractivity contribution < 1.29 is 9.90 Å². The summed E-state index contributed by atoms with van der Waals surface area (Å²) < 4.78 is 0. The molecule has 1 aromatic rings. The third-order valence-electron chi connectivity index (χ3n) is 1.13. The average molecular weight is 186 g/mol. The lowest BCUT2D eigenvalue weighted by atomic mass is 10.5. The highest BCUT2D eigenvalue weighted by atomic mass is 32.2. The van der Waals surface area contributed by atoms with Gasteiger partial charge in [-0.1, -0.05) is 25.6 Å². The summed E-state index contributed by atoms with van der Waals surface area (Å²) in [5.74, 6) is -0.974. The number of hydrogen-bond donors (Lipinski definition) is 2. The predicted molar refractivity (Wildman–Crippen MR) is 46.5 cm³/mol. The number of aromatic amines is 1. The first kappa shape index (κ1) is 9.12. The van der Waals surface area contributed by atoms with Gasteiger partial charge in [0.15, 0.2) is 5.16 Å². The van der Waals surface area contributed by atoms with Crippen LogP contribution in [0.2, 0.25) is 0 Å². The Morgan fingerprint density at radius 2 is 2.42 bits per heavy atom. The van der Waals surface area contributed by atoms with Gasteiger partial charge in [-0.3, -0.25) is 0 Å². The Labute approximate surface area is 74.4 Å². The number of carboxylic acids is 1. The van der Waals surface area contributed by atoms with Gasteiger partial charge in [0.05, 0.1) is 6.20 Å². The SMILES string of the molecule is CC(C)Sc1ncc(C(=O)O)[nH]1. The van der Waals surface area contributed by atoms with E-state index in [1.54, 1.807) is 0 Å². The molecule has 2 N–H and O–H groups in total. The number of rotatable bonds is 3. The van der Waals surface area contributed by atoms with Gasteiger partial charge in [-0.15, -0.1) is 0 Å². The quantitative estimate of drug-likeness (QED) is 0.704. The topological polar surface area (TPSA) is 66.0 Å². The van der Waals surface area contributed by atoms with Gasteiger partial charge in [-0.25, -0.2) is 9.78 Å². The molecule has 1 aromatic heterocycles. The van der Waals surface area contributed by atoms with Crippen molar-refractivity contribution >= 4 is 17.7 Å². The summed E-state index contributed by atoms with van der Waals surface area (Å²) in [5, 5.41) is 9.61. The van der Waals surface area contributed by atoms with Crippen LogP contribution in [-0.2, 0) is 0 Å². The van der Waals surface area contributed by atoms with E-state index in [0.29, 0.717) is 10.4 Å². The van der Waals surface area contributed by atoms with Crippen molar-refractivity contribution in [2.45, 2.75) is 24.3 Å². The highest BCUT2D eigenvalue weighted by molar-refractivity contribution is 7.99. The smallest absolute Gasteiger partial charge is 0.353 e. The fraction of sp³-hybridized carbons (Fsp3) is 0.429. The highest BCUT2D eigenvalue weighted by Gasteiger charge is 2.08. The molecule has 5 heteroatoms. The molecule has 0 aliphatic carbocycles. The molecule has 0 unspecified atom stereocenters. The lowest BCUT2D eigenvalue weighted by molar-refractivity contribution is 0.0690. The van der Waals surface area contributed by atoms with Crippen LogP contribution >= 0.6 is 11.8 Å². The Balaban J connectivity index is 2.71. The molecule has 12 heavy (non-hydrogen) atoms. The maximum absolute atomic E-state index is 10.4. The van der Waals surface area contributed by atoms with E-state index in [1.807, 2.05) is 13.8 Å². The average Bonchev–Trinajstić information content (AvgIpc) is 2.34. The van der Waals surface area contributed by atoms with Gasteiger partial charge in [0.2, 0.25) is 0 Å². The number of H-pyrrole nitrogens is 1. The molecule has 0 bridgehead atoms. The second-order valence-corrected chi connectivity index (χ2v) is 4.14. The lowest BCUT2D eigenvalue weighted by Gasteiger charge is -1.98. The molecular formula is C7H10N2O2S. The number of aromatic carboxylic acids is 1. The summed E-state index contributed by atoms with van der Waals surface area (Å²) in [7, 11) is 0. The van der Waals surface area contributed by atoms with Crippen LogP contribution in [0.25, 0.3) is 0 Å². The van der Waals surface area contributed by atoms with E-state index < -0.39 is 5.97 Å². The number of carboxylic acid groups (broad SMARTS) is 1. The molecule has 0 aliphatic rings. The van der Waals surface area contributed by atoms with Gasteiger partial charge >= 0.3 is 5.97 Å².